The largest absolute Gasteiger partial charge is 0.496 e. The highest BCUT2D eigenvalue weighted by Gasteiger charge is 2.17. The van der Waals surface area contributed by atoms with E-state index in [-0.39, 0.29) is 10.9 Å². The molecule has 0 spiro atoms. The lowest BCUT2D eigenvalue weighted by molar-refractivity contribution is 0.419. The molecule has 0 radical (unpaired) electrons. The van der Waals surface area contributed by atoms with E-state index in [0.717, 1.165) is 5.75 Å². The number of hydrogen-bond donors (Lipinski definition) is 0. The van der Waals surface area contributed by atoms with Crippen LogP contribution in [-0.4, -0.2) is 12.6 Å². The second-order valence-corrected chi connectivity index (χ2v) is 6.38. The van der Waals surface area contributed by atoms with Crippen molar-refractivity contribution in [1.82, 2.24) is 0 Å². The average molecular weight is 368 g/mol. The van der Waals surface area contributed by atoms with Crippen LogP contribution < -0.4 is 4.74 Å². The molecule has 0 heterocycles. The van der Waals surface area contributed by atoms with Crippen molar-refractivity contribution in [3.05, 3.63) is 42.0 Å². The summed E-state index contributed by atoms with van der Waals surface area (Å²) in [5.74, 6) is 22.9. The fourth-order valence-corrected chi connectivity index (χ4v) is 2.36. The van der Waals surface area contributed by atoms with Crippen molar-refractivity contribution in [3.8, 4) is 65.5 Å². The molecular weight excluding hydrogens is 344 g/mol. The molecule has 140 valence electrons. The van der Waals surface area contributed by atoms with Crippen LogP contribution >= 0.6 is 0 Å². The molecule has 0 aliphatic carbocycles. The zero-order valence-corrected chi connectivity index (χ0v) is 16.9. The normalized spacial score (nSPS) is 8.14. The first-order valence-corrected chi connectivity index (χ1v) is 8.39. The Morgan fingerprint density at radius 1 is 0.786 bits per heavy atom. The lowest BCUT2D eigenvalue weighted by Crippen LogP contribution is -2.11. The summed E-state index contributed by atoms with van der Waals surface area (Å²) in [5.41, 5.74) is 1.52. The van der Waals surface area contributed by atoms with Gasteiger partial charge >= 0.3 is 0 Å². The van der Waals surface area contributed by atoms with E-state index in [9.17, 15) is 0 Å². The van der Waals surface area contributed by atoms with Crippen LogP contribution in [0.25, 0.3) is 10.8 Å². The van der Waals surface area contributed by atoms with E-state index >= 15 is 0 Å². The predicted octanol–water partition coefficient (Wildman–Crippen LogP) is 3.97. The molecule has 2 N–H and O–H groups in total. The van der Waals surface area contributed by atoms with Crippen molar-refractivity contribution in [2.75, 3.05) is 7.11 Å². The maximum atomic E-state index is 5.40. The summed E-state index contributed by atoms with van der Waals surface area (Å²) < 4.78 is 5.40. The highest BCUT2D eigenvalue weighted by atomic mass is 16.5. The summed E-state index contributed by atoms with van der Waals surface area (Å²) in [4.78, 5) is 0. The van der Waals surface area contributed by atoms with Gasteiger partial charge in [-0.05, 0) is 76.7 Å². The first-order chi connectivity index (χ1) is 13.0. The third-order valence-corrected chi connectivity index (χ3v) is 3.48. The molecule has 28 heavy (non-hydrogen) atoms. The standard InChI is InChI=1S/C15H18O.C11H4.H2O/c1-15(2,3)13-9-10-14(16-4)12-8-6-5-7-11(12)13;1-3-5-7-9-11-10-8-6-4-2;/h5-10H,1-4H3;1H,2H3;1H2. The molecule has 2 heteroatoms. The smallest absolute Gasteiger partial charge is 0.126 e. The minimum Gasteiger partial charge on any atom is -0.496 e. The summed E-state index contributed by atoms with van der Waals surface area (Å²) in [6, 6.07) is 12.6. The Kier molecular flexibility index (Phi) is 10.9. The second kappa shape index (κ2) is 12.6. The van der Waals surface area contributed by atoms with E-state index in [1.54, 1.807) is 14.0 Å². The van der Waals surface area contributed by atoms with Crippen LogP contribution in [0.15, 0.2) is 36.4 Å². The third-order valence-electron chi connectivity index (χ3n) is 3.48. The Morgan fingerprint density at radius 2 is 1.32 bits per heavy atom. The van der Waals surface area contributed by atoms with Gasteiger partial charge in [0.15, 0.2) is 0 Å². The maximum Gasteiger partial charge on any atom is 0.126 e. The molecule has 0 aliphatic heterocycles. The number of fused-ring (bicyclic) bond motifs is 1. The predicted molar refractivity (Wildman–Crippen MR) is 118 cm³/mol. The lowest BCUT2D eigenvalue weighted by atomic mass is 9.83. The monoisotopic (exact) mass is 368 g/mol. The highest BCUT2D eigenvalue weighted by molar-refractivity contribution is 5.91. The van der Waals surface area contributed by atoms with E-state index in [1.165, 1.54) is 16.3 Å². The fourth-order valence-electron chi connectivity index (χ4n) is 2.36. The summed E-state index contributed by atoms with van der Waals surface area (Å²) in [6.45, 7) is 8.42. The Labute approximate surface area is 169 Å². The van der Waals surface area contributed by atoms with Crippen molar-refractivity contribution in [2.24, 2.45) is 0 Å². The molecule has 0 unspecified atom stereocenters. The summed E-state index contributed by atoms with van der Waals surface area (Å²) in [6.07, 6.45) is 4.84. The molecule has 0 saturated heterocycles. The van der Waals surface area contributed by atoms with E-state index in [4.69, 9.17) is 11.2 Å². The van der Waals surface area contributed by atoms with E-state index < -0.39 is 0 Å². The quantitative estimate of drug-likeness (QED) is 0.702. The van der Waals surface area contributed by atoms with Crippen LogP contribution in [0.5, 0.6) is 5.75 Å². The van der Waals surface area contributed by atoms with Gasteiger partial charge in [0.1, 0.15) is 5.75 Å². The van der Waals surface area contributed by atoms with Gasteiger partial charge in [-0.3, -0.25) is 0 Å². The fraction of sp³-hybridized carbons (Fsp3) is 0.231. The molecule has 2 aromatic carbocycles. The number of ether oxygens (including phenoxy) is 1. The first kappa shape index (κ1) is 24.3. The summed E-state index contributed by atoms with van der Waals surface area (Å²) in [7, 11) is 1.72. The molecule has 0 aromatic heterocycles. The Morgan fingerprint density at radius 3 is 1.82 bits per heavy atom. The number of benzene rings is 2. The van der Waals surface area contributed by atoms with Crippen molar-refractivity contribution >= 4 is 10.8 Å². The number of hydrogen-bond acceptors (Lipinski definition) is 1. The van der Waals surface area contributed by atoms with Crippen LogP contribution in [0.1, 0.15) is 33.3 Å². The van der Waals surface area contributed by atoms with Gasteiger partial charge in [0.05, 0.1) is 7.11 Å². The molecule has 0 atom stereocenters. The number of terminal acetylenes is 1. The van der Waals surface area contributed by atoms with E-state index in [2.05, 4.69) is 110 Å². The first-order valence-electron chi connectivity index (χ1n) is 8.39. The van der Waals surface area contributed by atoms with Gasteiger partial charge in [-0.1, -0.05) is 57.0 Å². The third kappa shape index (κ3) is 7.65. The molecule has 0 fully saturated rings. The van der Waals surface area contributed by atoms with Gasteiger partial charge in [-0.25, -0.2) is 0 Å². The second-order valence-electron chi connectivity index (χ2n) is 6.38. The molecular formula is C26H24O2. The zero-order chi connectivity index (χ0) is 20.1. The van der Waals surface area contributed by atoms with Crippen LogP contribution in [-0.2, 0) is 5.41 Å². The van der Waals surface area contributed by atoms with Gasteiger partial charge < -0.3 is 10.2 Å². The lowest BCUT2D eigenvalue weighted by Gasteiger charge is -2.22. The van der Waals surface area contributed by atoms with Crippen LogP contribution in [0.3, 0.4) is 0 Å². The molecule has 2 aromatic rings. The molecule has 0 aliphatic rings. The average Bonchev–Trinajstić information content (AvgIpc) is 2.66. The van der Waals surface area contributed by atoms with Gasteiger partial charge in [-0.2, -0.15) is 0 Å². The Bertz CT molecular complexity index is 1080. The number of rotatable bonds is 1. The minimum absolute atomic E-state index is 0. The Hall–Kier alpha value is -3.74. The van der Waals surface area contributed by atoms with Crippen LogP contribution in [0.4, 0.5) is 0 Å². The van der Waals surface area contributed by atoms with Crippen molar-refractivity contribution < 1.29 is 10.2 Å². The van der Waals surface area contributed by atoms with Crippen molar-refractivity contribution in [2.45, 2.75) is 33.1 Å². The SMILES string of the molecule is C#CC#CC#CC#CC#CC.COc1ccc(C(C)(C)C)c2ccccc12.O. The van der Waals surface area contributed by atoms with Crippen molar-refractivity contribution in [1.29, 1.82) is 0 Å². The summed E-state index contributed by atoms with van der Waals surface area (Å²) in [5, 5.41) is 2.48. The molecule has 2 nitrogen and oxygen atoms in total. The Balaban J connectivity index is 0.000000541. The van der Waals surface area contributed by atoms with E-state index in [0.29, 0.717) is 0 Å². The van der Waals surface area contributed by atoms with E-state index in [1.807, 2.05) is 0 Å². The number of methoxy groups -OCH3 is 1. The van der Waals surface area contributed by atoms with Crippen molar-refractivity contribution in [3.63, 3.8) is 0 Å². The zero-order valence-electron chi connectivity index (χ0n) is 16.9. The van der Waals surface area contributed by atoms with Crippen LogP contribution in [0, 0.1) is 59.7 Å². The van der Waals surface area contributed by atoms with Crippen LogP contribution in [0.2, 0.25) is 0 Å². The molecule has 0 amide bonds. The molecule has 0 saturated carbocycles. The van der Waals surface area contributed by atoms with Gasteiger partial charge in [0.25, 0.3) is 0 Å². The van der Waals surface area contributed by atoms with Gasteiger partial charge in [0, 0.05) is 5.39 Å². The topological polar surface area (TPSA) is 40.7 Å². The molecule has 0 bridgehead atoms. The minimum atomic E-state index is 0. The summed E-state index contributed by atoms with van der Waals surface area (Å²) >= 11 is 0. The van der Waals surface area contributed by atoms with Gasteiger partial charge in [-0.15, -0.1) is 6.42 Å². The maximum absolute atomic E-state index is 5.40. The molecule has 2 rings (SSSR count). The van der Waals surface area contributed by atoms with Gasteiger partial charge in [0.2, 0.25) is 0 Å². The highest BCUT2D eigenvalue weighted by Crippen LogP contribution is 2.34.